The fourth-order valence-electron chi connectivity index (χ4n) is 7.22. The van der Waals surface area contributed by atoms with Crippen molar-refractivity contribution >= 4 is 14.1 Å². The van der Waals surface area contributed by atoms with Crippen LogP contribution in [0.2, 0.25) is 19.6 Å². The number of hydrogen-bond donors (Lipinski definition) is 4. The van der Waals surface area contributed by atoms with Crippen LogP contribution in [0.1, 0.15) is 47.5 Å². The Morgan fingerprint density at radius 3 is 2.22 bits per heavy atom. The molecule has 4 rings (SSSR count). The zero-order chi connectivity index (χ0) is 24.2. The van der Waals surface area contributed by atoms with E-state index >= 15 is 0 Å². The van der Waals surface area contributed by atoms with Crippen LogP contribution < -0.4 is 0 Å². The lowest BCUT2D eigenvalue weighted by molar-refractivity contribution is -0.338. The standard InChI is InChI=1S/C24H40O7Si/c1-12-9-15-23(28,11-30-15)18-20(27)24(29)10-14(31-32(6,7)8)13(2)16(21(24,3)4)17(25)19(26)22(12,18)5/h12,14-15,17-18,20,25,27-29H,9-11H2,1-8H3/t12-,14-,15+,17+,18-,20-,22+,23-,24+/m0/s1. The molecule has 7 nitrogen and oxygen atoms in total. The Morgan fingerprint density at radius 1 is 1.12 bits per heavy atom. The van der Waals surface area contributed by atoms with E-state index in [1.165, 1.54) is 0 Å². The fraction of sp³-hybridized carbons (Fsp3) is 0.875. The van der Waals surface area contributed by atoms with Crippen molar-refractivity contribution < 1.29 is 34.4 Å². The first kappa shape index (κ1) is 24.5. The lowest BCUT2D eigenvalue weighted by Crippen LogP contribution is -2.79. The first-order valence-electron chi connectivity index (χ1n) is 11.8. The summed E-state index contributed by atoms with van der Waals surface area (Å²) < 4.78 is 12.0. The lowest BCUT2D eigenvalue weighted by Gasteiger charge is -2.67. The minimum Gasteiger partial charge on any atom is -0.411 e. The third-order valence-electron chi connectivity index (χ3n) is 9.36. The van der Waals surface area contributed by atoms with Gasteiger partial charge in [0.1, 0.15) is 17.3 Å². The molecule has 4 aliphatic rings. The van der Waals surface area contributed by atoms with Crippen LogP contribution in [0.15, 0.2) is 11.1 Å². The predicted octanol–water partition coefficient (Wildman–Crippen LogP) is 1.78. The molecule has 0 aromatic carbocycles. The van der Waals surface area contributed by atoms with E-state index in [1.807, 2.05) is 33.5 Å². The predicted molar refractivity (Wildman–Crippen MR) is 121 cm³/mol. The van der Waals surface area contributed by atoms with Crippen molar-refractivity contribution in [2.75, 3.05) is 6.61 Å². The van der Waals surface area contributed by atoms with Gasteiger partial charge >= 0.3 is 0 Å². The number of ketones is 1. The highest BCUT2D eigenvalue weighted by atomic mass is 28.4. The maximum Gasteiger partial charge on any atom is 0.184 e. The van der Waals surface area contributed by atoms with E-state index in [0.717, 1.165) is 5.57 Å². The molecule has 0 aromatic heterocycles. The van der Waals surface area contributed by atoms with Crippen LogP contribution in [0.25, 0.3) is 0 Å². The van der Waals surface area contributed by atoms with Crippen LogP contribution in [0.3, 0.4) is 0 Å². The molecule has 0 spiro atoms. The Hall–Kier alpha value is -0.613. The summed E-state index contributed by atoms with van der Waals surface area (Å²) in [5.41, 5.74) is -4.30. The van der Waals surface area contributed by atoms with Crippen LogP contribution in [-0.2, 0) is 14.0 Å². The lowest BCUT2D eigenvalue weighted by atomic mass is 9.43. The summed E-state index contributed by atoms with van der Waals surface area (Å²) in [5.74, 6) is -1.64. The minimum atomic E-state index is -2.05. The van der Waals surface area contributed by atoms with E-state index in [9.17, 15) is 25.2 Å². The van der Waals surface area contributed by atoms with E-state index < -0.39 is 66.5 Å². The molecular weight excluding hydrogens is 428 g/mol. The summed E-state index contributed by atoms with van der Waals surface area (Å²) >= 11 is 0. The summed E-state index contributed by atoms with van der Waals surface area (Å²) in [5, 5.41) is 47.3. The molecule has 1 heterocycles. The molecule has 0 unspecified atom stereocenters. The van der Waals surface area contributed by atoms with E-state index in [4.69, 9.17) is 9.16 Å². The van der Waals surface area contributed by atoms with E-state index in [1.54, 1.807) is 20.8 Å². The van der Waals surface area contributed by atoms with Crippen LogP contribution in [0.4, 0.5) is 0 Å². The van der Waals surface area contributed by atoms with Crippen LogP contribution in [0.5, 0.6) is 0 Å². The van der Waals surface area contributed by atoms with Crippen molar-refractivity contribution in [2.24, 2.45) is 22.7 Å². The molecule has 8 heteroatoms. The molecule has 0 radical (unpaired) electrons. The first-order chi connectivity index (χ1) is 14.4. The van der Waals surface area contributed by atoms with Gasteiger partial charge in [-0.3, -0.25) is 4.79 Å². The quantitative estimate of drug-likeness (QED) is 0.361. The van der Waals surface area contributed by atoms with Gasteiger partial charge in [-0.25, -0.2) is 0 Å². The maximum absolute atomic E-state index is 14.0. The van der Waals surface area contributed by atoms with Crippen molar-refractivity contribution in [3.8, 4) is 0 Å². The number of hydrogen-bond acceptors (Lipinski definition) is 7. The SMILES string of the molecule is CC1=C2[C@@H](O)C(=O)[C@@]3(C)[C@H]([C@H](O)[C@](O)(C[C@@H]1O[Si](C)(C)C)C2(C)C)[C@]1(O)CO[C@@H]1C[C@@H]3C. The summed E-state index contributed by atoms with van der Waals surface area (Å²) in [4.78, 5) is 14.0. The molecule has 2 bridgehead atoms. The smallest absolute Gasteiger partial charge is 0.184 e. The molecule has 3 aliphatic carbocycles. The zero-order valence-corrected chi connectivity index (χ0v) is 21.6. The molecule has 1 saturated heterocycles. The van der Waals surface area contributed by atoms with E-state index in [-0.39, 0.29) is 18.9 Å². The van der Waals surface area contributed by atoms with Crippen LogP contribution in [-0.4, -0.2) is 76.8 Å². The molecule has 0 aromatic rings. The Kier molecular flexibility index (Phi) is 5.33. The van der Waals surface area contributed by atoms with Gasteiger partial charge in [-0.2, -0.15) is 0 Å². The second-order valence-corrected chi connectivity index (χ2v) is 16.9. The number of rotatable bonds is 2. The van der Waals surface area contributed by atoms with Gasteiger partial charge in [0, 0.05) is 23.2 Å². The zero-order valence-electron chi connectivity index (χ0n) is 20.6. The highest BCUT2D eigenvalue weighted by molar-refractivity contribution is 6.69. The van der Waals surface area contributed by atoms with Gasteiger partial charge in [-0.05, 0) is 50.0 Å². The van der Waals surface area contributed by atoms with Crippen molar-refractivity contribution in [1.82, 2.24) is 0 Å². The van der Waals surface area contributed by atoms with Crippen molar-refractivity contribution in [1.29, 1.82) is 0 Å². The Balaban J connectivity index is 1.97. The number of fused-ring (bicyclic) bond motifs is 5. The van der Waals surface area contributed by atoms with Crippen LogP contribution in [0, 0.1) is 22.7 Å². The summed E-state index contributed by atoms with van der Waals surface area (Å²) in [6, 6.07) is 0. The van der Waals surface area contributed by atoms with Crippen molar-refractivity contribution in [3.63, 3.8) is 0 Å². The Morgan fingerprint density at radius 2 is 1.72 bits per heavy atom. The topological polar surface area (TPSA) is 116 Å². The summed E-state index contributed by atoms with van der Waals surface area (Å²) in [6.45, 7) is 15.2. The van der Waals surface area contributed by atoms with Crippen molar-refractivity contribution in [3.05, 3.63) is 11.1 Å². The van der Waals surface area contributed by atoms with Gasteiger partial charge in [0.25, 0.3) is 0 Å². The molecular formula is C24H40O7Si. The molecule has 3 fully saturated rings. The molecule has 182 valence electrons. The molecule has 1 aliphatic heterocycles. The van der Waals surface area contributed by atoms with Crippen LogP contribution >= 0.6 is 0 Å². The highest BCUT2D eigenvalue weighted by Gasteiger charge is 2.74. The van der Waals surface area contributed by atoms with Gasteiger partial charge < -0.3 is 29.6 Å². The molecule has 4 N–H and O–H groups in total. The number of carbonyl (C=O) groups excluding carboxylic acids is 1. The number of aliphatic hydroxyl groups excluding tert-OH is 2. The second-order valence-electron chi connectivity index (χ2n) is 12.5. The number of carbonyl (C=O) groups is 1. The average molecular weight is 469 g/mol. The van der Waals surface area contributed by atoms with E-state index in [0.29, 0.717) is 12.0 Å². The van der Waals surface area contributed by atoms with Gasteiger partial charge in [0.2, 0.25) is 0 Å². The van der Waals surface area contributed by atoms with Gasteiger partial charge in [0.05, 0.1) is 24.9 Å². The van der Waals surface area contributed by atoms with Gasteiger partial charge in [-0.15, -0.1) is 0 Å². The third kappa shape index (κ3) is 2.90. The van der Waals surface area contributed by atoms with Gasteiger partial charge in [0.15, 0.2) is 14.1 Å². The molecule has 9 atom stereocenters. The Bertz CT molecular complexity index is 863. The number of Topliss-reactive ketones (excluding diaryl/α,β-unsaturated/α-hetero) is 1. The molecule has 0 amide bonds. The number of aliphatic hydroxyl groups is 4. The normalized spacial score (nSPS) is 50.7. The highest BCUT2D eigenvalue weighted by Crippen LogP contribution is 2.63. The second kappa shape index (κ2) is 6.96. The summed E-state index contributed by atoms with van der Waals surface area (Å²) in [7, 11) is -2.05. The maximum atomic E-state index is 14.0. The molecule has 32 heavy (non-hydrogen) atoms. The first-order valence-corrected chi connectivity index (χ1v) is 15.2. The van der Waals surface area contributed by atoms with E-state index in [2.05, 4.69) is 0 Å². The minimum absolute atomic E-state index is 0.00184. The molecule has 2 saturated carbocycles. The van der Waals surface area contributed by atoms with Gasteiger partial charge in [-0.1, -0.05) is 27.7 Å². The van der Waals surface area contributed by atoms with Crippen molar-refractivity contribution in [2.45, 2.75) is 103 Å². The Labute approximate surface area is 191 Å². The fourth-order valence-corrected chi connectivity index (χ4v) is 8.33. The summed E-state index contributed by atoms with van der Waals surface area (Å²) in [6.07, 6.45) is -3.31. The largest absolute Gasteiger partial charge is 0.411 e. The number of ether oxygens (including phenoxy) is 1. The third-order valence-corrected chi connectivity index (χ3v) is 10.4. The monoisotopic (exact) mass is 468 g/mol. The average Bonchev–Trinajstić information content (AvgIpc) is 2.65.